The van der Waals surface area contributed by atoms with E-state index >= 15 is 0 Å². The number of rotatable bonds is 6. The molecule has 0 N–H and O–H groups in total. The molecule has 0 spiro atoms. The van der Waals surface area contributed by atoms with Gasteiger partial charge in [-0.15, -0.1) is 0 Å². The molecule has 172 valence electrons. The molecular formula is C33H25NOSi. The van der Waals surface area contributed by atoms with Crippen molar-refractivity contribution in [2.75, 3.05) is 0 Å². The van der Waals surface area contributed by atoms with Crippen LogP contribution in [0.15, 0.2) is 156 Å². The third kappa shape index (κ3) is 3.71. The van der Waals surface area contributed by atoms with Gasteiger partial charge in [0, 0.05) is 16.3 Å². The van der Waals surface area contributed by atoms with E-state index < -0.39 is 8.07 Å². The van der Waals surface area contributed by atoms with E-state index in [-0.39, 0.29) is 0 Å². The Labute approximate surface area is 212 Å². The first-order chi connectivity index (χ1) is 17.9. The Morgan fingerprint density at radius 3 is 1.19 bits per heavy atom. The zero-order valence-electron chi connectivity index (χ0n) is 19.8. The molecule has 1 aromatic heterocycles. The molecule has 0 amide bonds. The Morgan fingerprint density at radius 1 is 0.417 bits per heavy atom. The smallest absolute Gasteiger partial charge is 0.187 e. The van der Waals surface area contributed by atoms with E-state index in [0.717, 1.165) is 22.6 Å². The SMILES string of the molecule is c1ccc(-c2noc(-c3ccccc3)c2[Si](c2ccccc2)(c2ccccc2)c2ccccc2)cc1. The molecule has 6 rings (SSSR count). The van der Waals surface area contributed by atoms with E-state index in [1.54, 1.807) is 0 Å². The quantitative estimate of drug-likeness (QED) is 0.237. The molecule has 0 bridgehead atoms. The summed E-state index contributed by atoms with van der Waals surface area (Å²) in [7, 11) is -2.86. The van der Waals surface area contributed by atoms with Gasteiger partial charge in [-0.2, -0.15) is 0 Å². The summed E-state index contributed by atoms with van der Waals surface area (Å²) >= 11 is 0. The lowest BCUT2D eigenvalue weighted by Crippen LogP contribution is -2.75. The second-order valence-electron chi connectivity index (χ2n) is 8.82. The van der Waals surface area contributed by atoms with E-state index in [1.807, 2.05) is 12.1 Å². The molecule has 0 saturated heterocycles. The topological polar surface area (TPSA) is 26.0 Å². The summed E-state index contributed by atoms with van der Waals surface area (Å²) in [5.41, 5.74) is 2.98. The third-order valence-corrected chi connectivity index (χ3v) is 11.6. The minimum atomic E-state index is -2.86. The van der Waals surface area contributed by atoms with Crippen molar-refractivity contribution < 1.29 is 4.52 Å². The number of nitrogens with zero attached hydrogens (tertiary/aromatic N) is 1. The summed E-state index contributed by atoms with van der Waals surface area (Å²) in [6, 6.07) is 53.5. The van der Waals surface area contributed by atoms with E-state index in [4.69, 9.17) is 9.68 Å². The maximum Gasteiger partial charge on any atom is 0.187 e. The third-order valence-electron chi connectivity index (χ3n) is 6.77. The Kier molecular flexibility index (Phi) is 5.90. The molecule has 6 aromatic rings. The van der Waals surface area contributed by atoms with Crippen molar-refractivity contribution >= 4 is 28.8 Å². The van der Waals surface area contributed by atoms with Gasteiger partial charge < -0.3 is 4.52 Å². The lowest BCUT2D eigenvalue weighted by atomic mass is 10.1. The van der Waals surface area contributed by atoms with Gasteiger partial charge >= 0.3 is 0 Å². The summed E-state index contributed by atoms with van der Waals surface area (Å²) in [4.78, 5) is 0. The van der Waals surface area contributed by atoms with Crippen LogP contribution in [0, 0.1) is 0 Å². The molecule has 0 fully saturated rings. The van der Waals surface area contributed by atoms with Gasteiger partial charge in [0.2, 0.25) is 0 Å². The highest BCUT2D eigenvalue weighted by atomic mass is 28.3. The standard InChI is InChI=1S/C33H25NOSi/c1-6-16-26(17-7-1)31-33(32(35-34-31)27-18-8-2-9-19-27)36(28-20-10-3-11-21-28,29-22-12-4-13-23-29)30-24-14-5-15-25-30/h1-25H. The van der Waals surface area contributed by atoms with Gasteiger partial charge in [-0.1, -0.05) is 157 Å². The first-order valence-electron chi connectivity index (χ1n) is 12.2. The van der Waals surface area contributed by atoms with Crippen LogP contribution in [-0.2, 0) is 0 Å². The Hall–Kier alpha value is -4.47. The number of aromatic nitrogens is 1. The van der Waals surface area contributed by atoms with Crippen molar-refractivity contribution in [2.24, 2.45) is 0 Å². The Balaban J connectivity index is 1.82. The van der Waals surface area contributed by atoms with Crippen LogP contribution in [0.25, 0.3) is 22.6 Å². The van der Waals surface area contributed by atoms with Gasteiger partial charge in [-0.25, -0.2) is 0 Å². The summed E-state index contributed by atoms with van der Waals surface area (Å²) in [6.07, 6.45) is 0. The van der Waals surface area contributed by atoms with Gasteiger partial charge in [-0.3, -0.25) is 0 Å². The molecule has 0 unspecified atom stereocenters. The maximum absolute atomic E-state index is 6.29. The van der Waals surface area contributed by atoms with Gasteiger partial charge in [0.25, 0.3) is 0 Å². The highest BCUT2D eigenvalue weighted by Crippen LogP contribution is 2.28. The van der Waals surface area contributed by atoms with Gasteiger partial charge in [0.05, 0.1) is 0 Å². The lowest BCUT2D eigenvalue weighted by Gasteiger charge is -2.34. The zero-order valence-corrected chi connectivity index (χ0v) is 20.8. The molecule has 0 aliphatic rings. The summed E-state index contributed by atoms with van der Waals surface area (Å²) in [5.74, 6) is 0.831. The second kappa shape index (κ2) is 9.65. The average Bonchev–Trinajstić information content (AvgIpc) is 3.42. The fraction of sp³-hybridized carbons (Fsp3) is 0. The first kappa shape index (κ1) is 22.0. The predicted octanol–water partition coefficient (Wildman–Crippen LogP) is 5.39. The van der Waals surface area contributed by atoms with Gasteiger partial charge in [0.15, 0.2) is 13.8 Å². The van der Waals surface area contributed by atoms with Crippen molar-refractivity contribution in [3.8, 4) is 22.6 Å². The van der Waals surface area contributed by atoms with Crippen molar-refractivity contribution in [1.82, 2.24) is 5.16 Å². The largest absolute Gasteiger partial charge is 0.356 e. The highest BCUT2D eigenvalue weighted by molar-refractivity contribution is 7.20. The Bertz CT molecular complexity index is 1390. The van der Waals surface area contributed by atoms with Crippen molar-refractivity contribution in [1.29, 1.82) is 0 Å². The second-order valence-corrected chi connectivity index (χ2v) is 12.5. The maximum atomic E-state index is 6.29. The highest BCUT2D eigenvalue weighted by Gasteiger charge is 2.47. The van der Waals surface area contributed by atoms with E-state index in [0.29, 0.717) is 0 Å². The molecule has 1 heterocycles. The van der Waals surface area contributed by atoms with Crippen molar-refractivity contribution in [3.05, 3.63) is 152 Å². The molecule has 0 aliphatic carbocycles. The number of benzene rings is 5. The zero-order chi connectivity index (χ0) is 24.2. The predicted molar refractivity (Wildman–Crippen MR) is 151 cm³/mol. The van der Waals surface area contributed by atoms with E-state index in [1.165, 1.54) is 20.7 Å². The minimum absolute atomic E-state index is 0.831. The molecular weight excluding hydrogens is 454 g/mol. The van der Waals surface area contributed by atoms with E-state index in [9.17, 15) is 0 Å². The van der Waals surface area contributed by atoms with Crippen LogP contribution in [0.4, 0.5) is 0 Å². The van der Waals surface area contributed by atoms with Crippen LogP contribution < -0.4 is 20.7 Å². The summed E-state index contributed by atoms with van der Waals surface area (Å²) < 4.78 is 6.29. The summed E-state index contributed by atoms with van der Waals surface area (Å²) in [5, 5.41) is 9.81. The molecule has 0 atom stereocenters. The van der Waals surface area contributed by atoms with Crippen molar-refractivity contribution in [3.63, 3.8) is 0 Å². The van der Waals surface area contributed by atoms with E-state index in [2.05, 4.69) is 140 Å². The van der Waals surface area contributed by atoms with Crippen LogP contribution >= 0.6 is 0 Å². The monoisotopic (exact) mass is 479 g/mol. The normalized spacial score (nSPS) is 11.3. The van der Waals surface area contributed by atoms with Gasteiger partial charge in [-0.05, 0) is 15.6 Å². The molecule has 0 saturated carbocycles. The van der Waals surface area contributed by atoms with Gasteiger partial charge in [0.1, 0.15) is 5.69 Å². The first-order valence-corrected chi connectivity index (χ1v) is 14.2. The molecule has 0 aliphatic heterocycles. The minimum Gasteiger partial charge on any atom is -0.356 e. The van der Waals surface area contributed by atoms with Crippen LogP contribution in [0.5, 0.6) is 0 Å². The van der Waals surface area contributed by atoms with Crippen LogP contribution in [0.1, 0.15) is 0 Å². The molecule has 36 heavy (non-hydrogen) atoms. The van der Waals surface area contributed by atoms with Crippen LogP contribution in [-0.4, -0.2) is 13.2 Å². The molecule has 5 aromatic carbocycles. The average molecular weight is 480 g/mol. The van der Waals surface area contributed by atoms with Crippen LogP contribution in [0.3, 0.4) is 0 Å². The molecule has 0 radical (unpaired) electrons. The Morgan fingerprint density at radius 2 is 0.778 bits per heavy atom. The number of hydrogen-bond acceptors (Lipinski definition) is 2. The summed E-state index contributed by atoms with van der Waals surface area (Å²) in [6.45, 7) is 0. The molecule has 3 heteroatoms. The number of hydrogen-bond donors (Lipinski definition) is 0. The fourth-order valence-corrected chi connectivity index (χ4v) is 10.2. The fourth-order valence-electron chi connectivity index (χ4n) is 5.22. The lowest BCUT2D eigenvalue weighted by molar-refractivity contribution is 0.435. The molecule has 2 nitrogen and oxygen atoms in total. The van der Waals surface area contributed by atoms with Crippen LogP contribution in [0.2, 0.25) is 0 Å². The van der Waals surface area contributed by atoms with Crippen molar-refractivity contribution in [2.45, 2.75) is 0 Å².